The van der Waals surface area contributed by atoms with Gasteiger partial charge >= 0.3 is 0 Å². The number of rotatable bonds is 0. The third-order valence-electron chi connectivity index (χ3n) is 5.28. The van der Waals surface area contributed by atoms with Crippen molar-refractivity contribution in [3.63, 3.8) is 0 Å². The SMILES string of the molecule is OC1c2c3cccc2Oc2cccc(c21)OCCOCCOCCOCCOCCOCCO3. The monoisotopic (exact) mass is 476 g/mol. The molecule has 9 nitrogen and oxygen atoms in total. The van der Waals surface area contributed by atoms with Crippen LogP contribution in [0, 0.1) is 0 Å². The van der Waals surface area contributed by atoms with Gasteiger partial charge in [-0.1, -0.05) is 12.1 Å². The molecule has 34 heavy (non-hydrogen) atoms. The molecule has 0 atom stereocenters. The first-order valence-electron chi connectivity index (χ1n) is 11.6. The van der Waals surface area contributed by atoms with Crippen molar-refractivity contribution in [3.8, 4) is 23.0 Å². The second kappa shape index (κ2) is 13.5. The molecule has 2 heterocycles. The zero-order valence-electron chi connectivity index (χ0n) is 19.2. The molecule has 2 aromatic carbocycles. The summed E-state index contributed by atoms with van der Waals surface area (Å²) in [6.45, 7) is 5.32. The second-order valence-corrected chi connectivity index (χ2v) is 7.60. The number of aliphatic hydroxyl groups excluding tert-OH is 1. The molecule has 186 valence electrons. The minimum Gasteiger partial charge on any atom is -0.491 e. The van der Waals surface area contributed by atoms with Crippen molar-refractivity contribution in [2.75, 3.05) is 79.3 Å². The summed E-state index contributed by atoms with van der Waals surface area (Å²) >= 11 is 0. The van der Waals surface area contributed by atoms with E-state index in [2.05, 4.69) is 0 Å². The lowest BCUT2D eigenvalue weighted by Gasteiger charge is -2.28. The second-order valence-electron chi connectivity index (χ2n) is 7.60. The van der Waals surface area contributed by atoms with Gasteiger partial charge in [-0.25, -0.2) is 0 Å². The van der Waals surface area contributed by atoms with Crippen molar-refractivity contribution in [1.29, 1.82) is 0 Å². The molecule has 0 amide bonds. The van der Waals surface area contributed by atoms with Gasteiger partial charge in [-0.15, -0.1) is 0 Å². The normalized spacial score (nSPS) is 19.7. The third-order valence-corrected chi connectivity index (χ3v) is 5.28. The maximum absolute atomic E-state index is 11.3. The van der Waals surface area contributed by atoms with Crippen LogP contribution in [0.3, 0.4) is 0 Å². The predicted molar refractivity (Wildman–Crippen MR) is 122 cm³/mol. The van der Waals surface area contributed by atoms with E-state index in [0.717, 1.165) is 0 Å². The summed E-state index contributed by atoms with van der Waals surface area (Å²) in [5, 5.41) is 11.3. The van der Waals surface area contributed by atoms with Crippen LogP contribution in [0.2, 0.25) is 0 Å². The highest BCUT2D eigenvalue weighted by Crippen LogP contribution is 2.49. The Labute approximate surface area is 199 Å². The molecule has 1 N–H and O–H groups in total. The Morgan fingerprint density at radius 1 is 0.471 bits per heavy atom. The smallest absolute Gasteiger partial charge is 0.137 e. The summed E-state index contributed by atoms with van der Waals surface area (Å²) in [6.07, 6.45) is -0.956. The first-order valence-corrected chi connectivity index (χ1v) is 11.6. The van der Waals surface area contributed by atoms with E-state index in [4.69, 9.17) is 37.9 Å². The zero-order valence-corrected chi connectivity index (χ0v) is 19.2. The molecule has 0 fully saturated rings. The minimum atomic E-state index is -0.956. The van der Waals surface area contributed by atoms with Crippen LogP contribution >= 0.6 is 0 Å². The van der Waals surface area contributed by atoms with Gasteiger partial charge in [-0.2, -0.15) is 0 Å². The molecule has 0 unspecified atom stereocenters. The average molecular weight is 477 g/mol. The lowest BCUT2D eigenvalue weighted by atomic mass is 9.95. The zero-order chi connectivity index (χ0) is 23.4. The largest absolute Gasteiger partial charge is 0.491 e. The van der Waals surface area contributed by atoms with E-state index >= 15 is 0 Å². The molecule has 2 aliphatic rings. The highest BCUT2D eigenvalue weighted by molar-refractivity contribution is 5.60. The maximum Gasteiger partial charge on any atom is 0.137 e. The van der Waals surface area contributed by atoms with Crippen molar-refractivity contribution in [2.24, 2.45) is 0 Å². The van der Waals surface area contributed by atoms with E-state index in [0.29, 0.717) is 113 Å². The number of aliphatic hydroxyl groups is 1. The third kappa shape index (κ3) is 6.82. The standard InChI is InChI=1S/C25H32O9/c26-25-23-19-3-1-5-21(23)34-22-6-2-4-20(24(22)25)33-18-16-31-14-12-29-10-8-27-7-9-28-11-13-30-15-17-32-19/h1-6,25-26H,7-18H2. The molecular formula is C25H32O9. The molecular weight excluding hydrogens is 444 g/mol. The van der Waals surface area contributed by atoms with Crippen molar-refractivity contribution >= 4 is 0 Å². The lowest BCUT2D eigenvalue weighted by molar-refractivity contribution is -0.0143. The van der Waals surface area contributed by atoms with Crippen LogP contribution in [-0.2, 0) is 23.7 Å². The van der Waals surface area contributed by atoms with Crippen molar-refractivity contribution in [3.05, 3.63) is 47.5 Å². The van der Waals surface area contributed by atoms with E-state index in [1.807, 2.05) is 36.4 Å². The van der Waals surface area contributed by atoms with E-state index in [-0.39, 0.29) is 0 Å². The fourth-order valence-corrected chi connectivity index (χ4v) is 3.68. The molecule has 0 aliphatic carbocycles. The van der Waals surface area contributed by atoms with Crippen LogP contribution in [0.25, 0.3) is 0 Å². The van der Waals surface area contributed by atoms with Gasteiger partial charge in [-0.05, 0) is 24.3 Å². The molecule has 0 aromatic heterocycles. The van der Waals surface area contributed by atoms with Gasteiger partial charge in [0.05, 0.1) is 77.2 Å². The van der Waals surface area contributed by atoms with E-state index in [9.17, 15) is 5.11 Å². The van der Waals surface area contributed by atoms with Gasteiger partial charge < -0.3 is 43.0 Å². The van der Waals surface area contributed by atoms with Crippen LogP contribution in [0.15, 0.2) is 36.4 Å². The molecule has 0 saturated heterocycles. The first-order chi connectivity index (χ1) is 16.8. The summed E-state index contributed by atoms with van der Waals surface area (Å²) in [4.78, 5) is 0. The number of hydrogen-bond acceptors (Lipinski definition) is 9. The molecule has 0 spiro atoms. The Kier molecular flexibility index (Phi) is 9.80. The first kappa shape index (κ1) is 24.7. The summed E-state index contributed by atoms with van der Waals surface area (Å²) in [7, 11) is 0. The Bertz CT molecular complexity index is 819. The van der Waals surface area contributed by atoms with E-state index < -0.39 is 6.10 Å². The van der Waals surface area contributed by atoms with E-state index in [1.165, 1.54) is 0 Å². The number of hydrogen-bond donors (Lipinski definition) is 1. The molecule has 0 radical (unpaired) electrons. The van der Waals surface area contributed by atoms with Crippen molar-refractivity contribution in [2.45, 2.75) is 6.10 Å². The summed E-state index contributed by atoms with van der Waals surface area (Å²) < 4.78 is 45.5. The molecule has 2 bridgehead atoms. The van der Waals surface area contributed by atoms with E-state index in [1.54, 1.807) is 0 Å². The molecule has 4 rings (SSSR count). The van der Waals surface area contributed by atoms with Crippen LogP contribution in [0.4, 0.5) is 0 Å². The highest BCUT2D eigenvalue weighted by Gasteiger charge is 2.31. The number of ether oxygens (including phenoxy) is 8. The van der Waals surface area contributed by atoms with Crippen LogP contribution in [-0.4, -0.2) is 84.4 Å². The van der Waals surface area contributed by atoms with Gasteiger partial charge in [0, 0.05) is 0 Å². The van der Waals surface area contributed by atoms with Crippen LogP contribution in [0.5, 0.6) is 23.0 Å². The van der Waals surface area contributed by atoms with Crippen LogP contribution < -0.4 is 14.2 Å². The molecule has 2 aromatic rings. The maximum atomic E-state index is 11.3. The Hall–Kier alpha value is -2.40. The van der Waals surface area contributed by atoms with Crippen molar-refractivity contribution < 1.29 is 43.0 Å². The van der Waals surface area contributed by atoms with Gasteiger partial charge in [0.2, 0.25) is 0 Å². The fourth-order valence-electron chi connectivity index (χ4n) is 3.68. The van der Waals surface area contributed by atoms with Crippen molar-refractivity contribution in [1.82, 2.24) is 0 Å². The summed E-state index contributed by atoms with van der Waals surface area (Å²) in [5.74, 6) is 2.19. The molecule has 2 aliphatic heterocycles. The van der Waals surface area contributed by atoms with Gasteiger partial charge in [-0.3, -0.25) is 0 Å². The van der Waals surface area contributed by atoms with Gasteiger partial charge in [0.25, 0.3) is 0 Å². The molecule has 0 saturated carbocycles. The average Bonchev–Trinajstić information content (AvgIpc) is 2.84. The Morgan fingerprint density at radius 3 is 1.18 bits per heavy atom. The quantitative estimate of drug-likeness (QED) is 0.616. The fraction of sp³-hybridized carbons (Fsp3) is 0.520. The summed E-state index contributed by atoms with van der Waals surface area (Å²) in [5.41, 5.74) is 1.13. The molecule has 9 heteroatoms. The Morgan fingerprint density at radius 2 is 0.794 bits per heavy atom. The van der Waals surface area contributed by atoms with Gasteiger partial charge in [0.1, 0.15) is 42.3 Å². The predicted octanol–water partition coefficient (Wildman–Crippen LogP) is 2.73. The van der Waals surface area contributed by atoms with Crippen LogP contribution in [0.1, 0.15) is 17.2 Å². The topological polar surface area (TPSA) is 94.1 Å². The Balaban J connectivity index is 1.42. The lowest BCUT2D eigenvalue weighted by Crippen LogP contribution is -2.17. The van der Waals surface area contributed by atoms with Gasteiger partial charge in [0.15, 0.2) is 0 Å². The summed E-state index contributed by atoms with van der Waals surface area (Å²) in [6, 6.07) is 10.9. The highest BCUT2D eigenvalue weighted by atomic mass is 16.6. The number of benzene rings is 2. The minimum absolute atomic E-state index is 0.328.